The van der Waals surface area contributed by atoms with Crippen LogP contribution in [0.3, 0.4) is 0 Å². The number of carbonyl (C=O) groups excluding carboxylic acids is 1. The van der Waals surface area contributed by atoms with Crippen LogP contribution >= 0.6 is 0 Å². The molecular weight excluding hydrogens is 228 g/mol. The largest absolute Gasteiger partial charge is 0.396 e. The molecule has 0 radical (unpaired) electrons. The second-order valence-electron chi connectivity index (χ2n) is 5.96. The van der Waals surface area contributed by atoms with E-state index in [-0.39, 0.29) is 18.6 Å². The molecule has 0 aromatic heterocycles. The molecule has 3 N–H and O–H groups in total. The van der Waals surface area contributed by atoms with Gasteiger partial charge in [0.1, 0.15) is 0 Å². The van der Waals surface area contributed by atoms with E-state index >= 15 is 0 Å². The first-order chi connectivity index (χ1) is 8.72. The summed E-state index contributed by atoms with van der Waals surface area (Å²) in [5.41, 5.74) is 0. The van der Waals surface area contributed by atoms with Crippen molar-refractivity contribution in [3.63, 3.8) is 0 Å². The third-order valence-electron chi connectivity index (χ3n) is 4.51. The van der Waals surface area contributed by atoms with Gasteiger partial charge in [-0.1, -0.05) is 13.3 Å². The van der Waals surface area contributed by atoms with Crippen LogP contribution in [0.1, 0.15) is 39.0 Å². The van der Waals surface area contributed by atoms with Gasteiger partial charge in [0.25, 0.3) is 0 Å². The summed E-state index contributed by atoms with van der Waals surface area (Å²) in [6.45, 7) is 4.02. The summed E-state index contributed by atoms with van der Waals surface area (Å²) in [4.78, 5) is 12.1. The predicted molar refractivity (Wildman–Crippen MR) is 71.1 cm³/mol. The lowest BCUT2D eigenvalue weighted by Crippen LogP contribution is -2.44. The quantitative estimate of drug-likeness (QED) is 0.617. The Morgan fingerprint density at radius 1 is 1.50 bits per heavy atom. The second kappa shape index (κ2) is 6.53. The van der Waals surface area contributed by atoms with Gasteiger partial charge in [-0.3, -0.25) is 4.79 Å². The minimum absolute atomic E-state index is 0.0489. The molecule has 4 nitrogen and oxygen atoms in total. The molecule has 1 heterocycles. The maximum Gasteiger partial charge on any atom is 0.237 e. The van der Waals surface area contributed by atoms with E-state index in [9.17, 15) is 4.79 Å². The van der Waals surface area contributed by atoms with Crippen LogP contribution in [0, 0.1) is 17.8 Å². The van der Waals surface area contributed by atoms with Crippen molar-refractivity contribution in [2.45, 2.75) is 45.1 Å². The summed E-state index contributed by atoms with van der Waals surface area (Å²) in [6.07, 6.45) is 5.71. The van der Waals surface area contributed by atoms with E-state index < -0.39 is 0 Å². The summed E-state index contributed by atoms with van der Waals surface area (Å²) in [5, 5.41) is 15.3. The van der Waals surface area contributed by atoms with E-state index in [1.165, 1.54) is 19.3 Å². The Morgan fingerprint density at radius 2 is 2.33 bits per heavy atom. The maximum absolute atomic E-state index is 12.1. The highest BCUT2D eigenvalue weighted by atomic mass is 16.3. The first kappa shape index (κ1) is 13.8. The molecule has 0 bridgehead atoms. The third-order valence-corrected chi connectivity index (χ3v) is 4.51. The average Bonchev–Trinajstić information content (AvgIpc) is 2.95. The van der Waals surface area contributed by atoms with Crippen molar-refractivity contribution >= 4 is 5.91 Å². The van der Waals surface area contributed by atoms with Gasteiger partial charge in [-0.25, -0.2) is 0 Å². The molecule has 104 valence electrons. The fourth-order valence-corrected chi connectivity index (χ4v) is 3.34. The topological polar surface area (TPSA) is 61.4 Å². The van der Waals surface area contributed by atoms with Crippen LogP contribution in [0.2, 0.25) is 0 Å². The lowest BCUT2D eigenvalue weighted by molar-refractivity contribution is -0.123. The second-order valence-corrected chi connectivity index (χ2v) is 5.96. The molecule has 1 saturated heterocycles. The van der Waals surface area contributed by atoms with Crippen LogP contribution < -0.4 is 10.6 Å². The minimum atomic E-state index is 0.0489. The number of aliphatic hydroxyl groups excluding tert-OH is 1. The summed E-state index contributed by atoms with van der Waals surface area (Å²) < 4.78 is 0. The van der Waals surface area contributed by atoms with E-state index in [0.29, 0.717) is 11.8 Å². The van der Waals surface area contributed by atoms with Crippen molar-refractivity contribution in [3.8, 4) is 0 Å². The van der Waals surface area contributed by atoms with Crippen molar-refractivity contribution < 1.29 is 9.90 Å². The third kappa shape index (κ3) is 3.23. The van der Waals surface area contributed by atoms with Crippen molar-refractivity contribution in [1.29, 1.82) is 0 Å². The molecule has 4 unspecified atom stereocenters. The van der Waals surface area contributed by atoms with Gasteiger partial charge in [0.2, 0.25) is 5.91 Å². The van der Waals surface area contributed by atoms with Crippen molar-refractivity contribution in [3.05, 3.63) is 0 Å². The smallest absolute Gasteiger partial charge is 0.237 e. The Labute approximate surface area is 110 Å². The Morgan fingerprint density at radius 3 is 3.11 bits per heavy atom. The fourth-order valence-electron chi connectivity index (χ4n) is 3.34. The summed E-state index contributed by atoms with van der Waals surface area (Å²) >= 11 is 0. The lowest BCUT2D eigenvalue weighted by atomic mass is 9.93. The fraction of sp³-hybridized carbons (Fsp3) is 0.929. The lowest BCUT2D eigenvalue weighted by Gasteiger charge is -2.18. The molecule has 1 aliphatic carbocycles. The van der Waals surface area contributed by atoms with Gasteiger partial charge in [0, 0.05) is 13.2 Å². The van der Waals surface area contributed by atoms with E-state index in [2.05, 4.69) is 10.6 Å². The highest BCUT2D eigenvalue weighted by Gasteiger charge is 2.42. The number of amides is 1. The van der Waals surface area contributed by atoms with Gasteiger partial charge in [-0.2, -0.15) is 0 Å². The normalized spacial score (nSPS) is 32.2. The molecule has 4 heteroatoms. The molecule has 18 heavy (non-hydrogen) atoms. The van der Waals surface area contributed by atoms with Gasteiger partial charge >= 0.3 is 0 Å². The van der Waals surface area contributed by atoms with Crippen LogP contribution in [0.25, 0.3) is 0 Å². The van der Waals surface area contributed by atoms with Gasteiger partial charge in [0.05, 0.1) is 6.04 Å². The van der Waals surface area contributed by atoms with Crippen LogP contribution in [-0.4, -0.2) is 36.8 Å². The first-order valence-corrected chi connectivity index (χ1v) is 7.34. The zero-order chi connectivity index (χ0) is 13.0. The Hall–Kier alpha value is -0.610. The Kier molecular flexibility index (Phi) is 5.01. The first-order valence-electron chi connectivity index (χ1n) is 7.34. The number of carbonyl (C=O) groups is 1. The molecule has 4 atom stereocenters. The monoisotopic (exact) mass is 254 g/mol. The number of aliphatic hydroxyl groups is 1. The maximum atomic E-state index is 12.1. The van der Waals surface area contributed by atoms with E-state index in [1.807, 2.05) is 6.92 Å². The number of nitrogens with one attached hydrogen (secondary N) is 2. The summed E-state index contributed by atoms with van der Waals surface area (Å²) in [6, 6.07) is 0.0489. The molecule has 0 aromatic rings. The van der Waals surface area contributed by atoms with Gasteiger partial charge in [-0.05, 0) is 50.0 Å². The molecule has 2 rings (SSSR count). The molecule has 1 saturated carbocycles. The van der Waals surface area contributed by atoms with Crippen molar-refractivity contribution in [1.82, 2.24) is 10.6 Å². The SMILES string of the molecule is CC(CO)CCCNC(=O)C1NCC2CCCC21. The summed E-state index contributed by atoms with van der Waals surface area (Å²) in [5.74, 6) is 1.82. The molecule has 0 aromatic carbocycles. The Balaban J connectivity index is 1.66. The number of hydrogen-bond acceptors (Lipinski definition) is 3. The van der Waals surface area contributed by atoms with Crippen LogP contribution in [-0.2, 0) is 4.79 Å². The average molecular weight is 254 g/mol. The van der Waals surface area contributed by atoms with Crippen LogP contribution in [0.15, 0.2) is 0 Å². The van der Waals surface area contributed by atoms with Crippen LogP contribution in [0.5, 0.6) is 0 Å². The molecule has 2 fully saturated rings. The van der Waals surface area contributed by atoms with Gasteiger partial charge < -0.3 is 15.7 Å². The number of hydrogen-bond donors (Lipinski definition) is 3. The van der Waals surface area contributed by atoms with E-state index in [1.54, 1.807) is 0 Å². The van der Waals surface area contributed by atoms with E-state index in [0.717, 1.165) is 31.8 Å². The molecular formula is C14H26N2O2. The standard InChI is InChI=1S/C14H26N2O2/c1-10(9-17)4-3-7-15-14(18)13-12-6-2-5-11(12)8-16-13/h10-13,16-17H,2-9H2,1H3,(H,15,18). The van der Waals surface area contributed by atoms with Crippen LogP contribution in [0.4, 0.5) is 0 Å². The zero-order valence-electron chi connectivity index (χ0n) is 11.3. The highest BCUT2D eigenvalue weighted by molar-refractivity contribution is 5.82. The van der Waals surface area contributed by atoms with Gasteiger partial charge in [0.15, 0.2) is 0 Å². The minimum Gasteiger partial charge on any atom is -0.396 e. The number of fused-ring (bicyclic) bond motifs is 1. The van der Waals surface area contributed by atoms with Gasteiger partial charge in [-0.15, -0.1) is 0 Å². The molecule has 2 aliphatic rings. The molecule has 1 aliphatic heterocycles. The van der Waals surface area contributed by atoms with Crippen molar-refractivity contribution in [2.75, 3.05) is 19.7 Å². The molecule has 1 amide bonds. The van der Waals surface area contributed by atoms with Crippen molar-refractivity contribution in [2.24, 2.45) is 17.8 Å². The highest BCUT2D eigenvalue weighted by Crippen LogP contribution is 2.37. The zero-order valence-corrected chi connectivity index (χ0v) is 11.3. The number of rotatable bonds is 6. The predicted octanol–water partition coefficient (Wildman–Crippen LogP) is 0.899. The summed E-state index contributed by atoms with van der Waals surface area (Å²) in [7, 11) is 0. The Bertz CT molecular complexity index is 283. The van der Waals surface area contributed by atoms with E-state index in [4.69, 9.17) is 5.11 Å². The molecule has 0 spiro atoms.